The van der Waals surface area contributed by atoms with Gasteiger partial charge in [-0.25, -0.2) is 0 Å². The van der Waals surface area contributed by atoms with Gasteiger partial charge in [0.25, 0.3) is 0 Å². The molecule has 1 N–H and O–H groups in total. The molecule has 2 rings (SSSR count). The van der Waals surface area contributed by atoms with Crippen LogP contribution in [0.25, 0.3) is 11.0 Å². The van der Waals surface area contributed by atoms with Gasteiger partial charge in [0.05, 0.1) is 18.7 Å². The third-order valence-corrected chi connectivity index (χ3v) is 3.35. The minimum absolute atomic E-state index is 0.235. The van der Waals surface area contributed by atoms with Gasteiger partial charge in [0, 0.05) is 19.2 Å². The maximum atomic E-state index is 12.5. The normalized spacial score (nSPS) is 11.2. The minimum Gasteiger partial charge on any atom is -0.497 e. The van der Waals surface area contributed by atoms with Gasteiger partial charge in [-0.1, -0.05) is 5.16 Å². The van der Waals surface area contributed by atoms with Crippen LogP contribution in [-0.2, 0) is 0 Å². The SMILES string of the molecule is CCN(CC)c1oc2cc(OC)ccc2c(=O)c1/C=N/O. The first-order valence-corrected chi connectivity index (χ1v) is 6.73. The van der Waals surface area contributed by atoms with E-state index < -0.39 is 0 Å². The molecule has 1 aromatic heterocycles. The highest BCUT2D eigenvalue weighted by Gasteiger charge is 2.17. The monoisotopic (exact) mass is 290 g/mol. The average molecular weight is 290 g/mol. The number of fused-ring (bicyclic) bond motifs is 1. The van der Waals surface area contributed by atoms with E-state index in [0.717, 1.165) is 6.21 Å². The van der Waals surface area contributed by atoms with E-state index in [1.54, 1.807) is 25.3 Å². The van der Waals surface area contributed by atoms with E-state index in [1.807, 2.05) is 18.7 Å². The predicted molar refractivity (Wildman–Crippen MR) is 82.0 cm³/mol. The average Bonchev–Trinajstić information content (AvgIpc) is 2.51. The van der Waals surface area contributed by atoms with E-state index in [1.165, 1.54) is 0 Å². The second kappa shape index (κ2) is 6.30. The number of oxime groups is 1. The van der Waals surface area contributed by atoms with Crippen LogP contribution in [0.5, 0.6) is 5.75 Å². The summed E-state index contributed by atoms with van der Waals surface area (Å²) < 4.78 is 11.0. The van der Waals surface area contributed by atoms with Gasteiger partial charge in [-0.05, 0) is 26.0 Å². The number of anilines is 1. The Kier molecular flexibility index (Phi) is 4.47. The molecule has 0 unspecified atom stereocenters. The first-order chi connectivity index (χ1) is 10.2. The van der Waals surface area contributed by atoms with Gasteiger partial charge >= 0.3 is 0 Å². The molecule has 6 nitrogen and oxygen atoms in total. The van der Waals surface area contributed by atoms with Gasteiger partial charge in [-0.2, -0.15) is 0 Å². The summed E-state index contributed by atoms with van der Waals surface area (Å²) in [5.41, 5.74) is 0.439. The van der Waals surface area contributed by atoms with Crippen LogP contribution in [-0.4, -0.2) is 31.6 Å². The van der Waals surface area contributed by atoms with Crippen LogP contribution in [0.1, 0.15) is 19.4 Å². The molecular weight excluding hydrogens is 272 g/mol. The van der Waals surface area contributed by atoms with Crippen molar-refractivity contribution in [1.82, 2.24) is 0 Å². The van der Waals surface area contributed by atoms with Gasteiger partial charge in [0.1, 0.15) is 16.9 Å². The van der Waals surface area contributed by atoms with Crippen LogP contribution >= 0.6 is 0 Å². The Hall–Kier alpha value is -2.50. The Morgan fingerprint density at radius 3 is 2.67 bits per heavy atom. The lowest BCUT2D eigenvalue weighted by Crippen LogP contribution is -2.26. The molecule has 2 aromatic rings. The van der Waals surface area contributed by atoms with Crippen LogP contribution < -0.4 is 15.1 Å². The second-order valence-corrected chi connectivity index (χ2v) is 4.43. The van der Waals surface area contributed by atoms with Crippen molar-refractivity contribution in [1.29, 1.82) is 0 Å². The van der Waals surface area contributed by atoms with E-state index in [0.29, 0.717) is 35.7 Å². The van der Waals surface area contributed by atoms with Gasteiger partial charge in [0.15, 0.2) is 0 Å². The molecule has 0 aliphatic carbocycles. The number of rotatable bonds is 5. The highest BCUT2D eigenvalue weighted by atomic mass is 16.5. The molecule has 21 heavy (non-hydrogen) atoms. The lowest BCUT2D eigenvalue weighted by atomic mass is 10.1. The molecule has 1 heterocycles. The fourth-order valence-corrected chi connectivity index (χ4v) is 2.22. The van der Waals surface area contributed by atoms with E-state index in [-0.39, 0.29) is 11.0 Å². The number of nitrogens with zero attached hydrogens (tertiary/aromatic N) is 2. The fraction of sp³-hybridized carbons (Fsp3) is 0.333. The summed E-state index contributed by atoms with van der Waals surface area (Å²) in [5, 5.41) is 12.2. The summed E-state index contributed by atoms with van der Waals surface area (Å²) in [5.74, 6) is 1.00. The molecular formula is C15H18N2O4. The van der Waals surface area contributed by atoms with Crippen molar-refractivity contribution in [2.75, 3.05) is 25.1 Å². The Morgan fingerprint density at radius 1 is 1.38 bits per heavy atom. The summed E-state index contributed by atoms with van der Waals surface area (Å²) in [6.45, 7) is 5.25. The van der Waals surface area contributed by atoms with Crippen molar-refractivity contribution < 1.29 is 14.4 Å². The van der Waals surface area contributed by atoms with Crippen molar-refractivity contribution in [3.05, 3.63) is 34.0 Å². The summed E-state index contributed by atoms with van der Waals surface area (Å²) >= 11 is 0. The zero-order valence-electron chi connectivity index (χ0n) is 12.3. The first-order valence-electron chi connectivity index (χ1n) is 6.73. The molecule has 0 fully saturated rings. The van der Waals surface area contributed by atoms with Crippen molar-refractivity contribution in [2.24, 2.45) is 5.16 Å². The van der Waals surface area contributed by atoms with Crippen LogP contribution in [0, 0.1) is 0 Å². The maximum absolute atomic E-state index is 12.5. The summed E-state index contributed by atoms with van der Waals surface area (Å²) in [7, 11) is 1.55. The van der Waals surface area contributed by atoms with Crippen LogP contribution in [0.4, 0.5) is 5.88 Å². The molecule has 0 spiro atoms. The summed E-state index contributed by atoms with van der Waals surface area (Å²) in [6.07, 6.45) is 1.11. The van der Waals surface area contributed by atoms with E-state index in [2.05, 4.69) is 5.16 Å². The Labute approximate surface area is 122 Å². The molecule has 0 saturated heterocycles. The van der Waals surface area contributed by atoms with E-state index in [9.17, 15) is 4.79 Å². The van der Waals surface area contributed by atoms with Crippen molar-refractivity contribution in [3.8, 4) is 5.75 Å². The molecule has 0 aliphatic rings. The Balaban J connectivity index is 2.80. The fourth-order valence-electron chi connectivity index (χ4n) is 2.22. The topological polar surface area (TPSA) is 75.3 Å². The van der Waals surface area contributed by atoms with Crippen molar-refractivity contribution in [2.45, 2.75) is 13.8 Å². The van der Waals surface area contributed by atoms with Gasteiger partial charge in [-0.3, -0.25) is 4.79 Å². The molecule has 0 radical (unpaired) electrons. The maximum Gasteiger partial charge on any atom is 0.209 e. The molecule has 0 atom stereocenters. The number of benzene rings is 1. The molecule has 0 aliphatic heterocycles. The number of ether oxygens (including phenoxy) is 1. The standard InChI is InChI=1S/C15H18N2O4/c1-4-17(5-2)15-12(9-16-19)14(18)11-7-6-10(20-3)8-13(11)21-15/h6-9,19H,4-5H2,1-3H3/b16-9+. The van der Waals surface area contributed by atoms with Gasteiger partial charge < -0.3 is 19.3 Å². The largest absolute Gasteiger partial charge is 0.497 e. The Bertz CT molecular complexity index is 717. The second-order valence-electron chi connectivity index (χ2n) is 4.43. The van der Waals surface area contributed by atoms with Crippen LogP contribution in [0.15, 0.2) is 32.6 Å². The smallest absolute Gasteiger partial charge is 0.209 e. The van der Waals surface area contributed by atoms with E-state index in [4.69, 9.17) is 14.4 Å². The zero-order chi connectivity index (χ0) is 15.4. The third kappa shape index (κ3) is 2.69. The lowest BCUT2D eigenvalue weighted by Gasteiger charge is -2.21. The predicted octanol–water partition coefficient (Wildman–Crippen LogP) is 2.46. The van der Waals surface area contributed by atoms with Gasteiger partial charge in [0.2, 0.25) is 11.3 Å². The highest BCUT2D eigenvalue weighted by Crippen LogP contribution is 2.25. The highest BCUT2D eigenvalue weighted by molar-refractivity contribution is 5.92. The third-order valence-electron chi connectivity index (χ3n) is 3.35. The molecule has 0 amide bonds. The number of hydrogen-bond donors (Lipinski definition) is 1. The quantitative estimate of drug-likeness (QED) is 0.520. The molecule has 6 heteroatoms. The molecule has 112 valence electrons. The zero-order valence-corrected chi connectivity index (χ0v) is 12.3. The lowest BCUT2D eigenvalue weighted by molar-refractivity contribution is 0.321. The Morgan fingerprint density at radius 2 is 2.10 bits per heavy atom. The number of methoxy groups -OCH3 is 1. The molecule has 0 bridgehead atoms. The van der Waals surface area contributed by atoms with E-state index >= 15 is 0 Å². The van der Waals surface area contributed by atoms with Gasteiger partial charge in [-0.15, -0.1) is 0 Å². The van der Waals surface area contributed by atoms with Crippen molar-refractivity contribution >= 4 is 23.1 Å². The minimum atomic E-state index is -0.237. The summed E-state index contributed by atoms with van der Waals surface area (Å²) in [6, 6.07) is 5.00. The molecule has 1 aromatic carbocycles. The molecule has 0 saturated carbocycles. The summed E-state index contributed by atoms with van der Waals surface area (Å²) in [4.78, 5) is 14.4. The van der Waals surface area contributed by atoms with Crippen molar-refractivity contribution in [3.63, 3.8) is 0 Å². The number of hydrogen-bond acceptors (Lipinski definition) is 6. The first kappa shape index (κ1) is 14.9. The van der Waals surface area contributed by atoms with Crippen LogP contribution in [0.3, 0.4) is 0 Å². The van der Waals surface area contributed by atoms with Crippen LogP contribution in [0.2, 0.25) is 0 Å².